The van der Waals surface area contributed by atoms with E-state index in [1.165, 1.54) is 24.0 Å². The van der Waals surface area contributed by atoms with E-state index in [2.05, 4.69) is 51.2 Å². The first-order valence-electron chi connectivity index (χ1n) is 6.94. The van der Waals surface area contributed by atoms with Crippen molar-refractivity contribution in [2.75, 3.05) is 6.54 Å². The van der Waals surface area contributed by atoms with Crippen LogP contribution in [0.5, 0.6) is 0 Å². The molecule has 1 aliphatic carbocycles. The van der Waals surface area contributed by atoms with Gasteiger partial charge < -0.3 is 5.32 Å². The minimum atomic E-state index is 0.714. The van der Waals surface area contributed by atoms with E-state index in [9.17, 15) is 0 Å². The second-order valence-electron chi connectivity index (χ2n) is 5.55. The van der Waals surface area contributed by atoms with Gasteiger partial charge >= 0.3 is 0 Å². The normalized spacial score (nSPS) is 28.6. The highest BCUT2D eigenvalue weighted by atomic mass is 14.9. The lowest BCUT2D eigenvalue weighted by Gasteiger charge is -2.22. The molecule has 1 saturated carbocycles. The Morgan fingerprint density at radius 3 is 2.59 bits per heavy atom. The van der Waals surface area contributed by atoms with Gasteiger partial charge in [-0.05, 0) is 61.8 Å². The van der Waals surface area contributed by atoms with E-state index in [1.807, 2.05) is 0 Å². The maximum absolute atomic E-state index is 3.62. The van der Waals surface area contributed by atoms with Gasteiger partial charge in [-0.2, -0.15) is 0 Å². The van der Waals surface area contributed by atoms with Crippen LogP contribution in [0.15, 0.2) is 18.2 Å². The van der Waals surface area contributed by atoms with Crippen molar-refractivity contribution in [1.82, 2.24) is 5.32 Å². The van der Waals surface area contributed by atoms with Gasteiger partial charge in [0.1, 0.15) is 0 Å². The molecule has 1 N–H and O–H groups in total. The molecule has 0 amide bonds. The van der Waals surface area contributed by atoms with Crippen molar-refractivity contribution < 1.29 is 0 Å². The Hall–Kier alpha value is -0.820. The molecule has 0 spiro atoms. The van der Waals surface area contributed by atoms with Crippen molar-refractivity contribution in [2.24, 2.45) is 5.92 Å². The summed E-state index contributed by atoms with van der Waals surface area (Å²) in [6, 6.07) is 7.72. The Bertz CT molecular complexity index is 383. The van der Waals surface area contributed by atoms with E-state index >= 15 is 0 Å². The van der Waals surface area contributed by atoms with E-state index < -0.39 is 0 Å². The van der Waals surface area contributed by atoms with Crippen LogP contribution in [0.25, 0.3) is 0 Å². The van der Waals surface area contributed by atoms with Gasteiger partial charge in [0.05, 0.1) is 0 Å². The number of hydrogen-bond donors (Lipinski definition) is 1. The molecule has 1 heteroatoms. The molecule has 2 rings (SSSR count). The fourth-order valence-corrected chi connectivity index (χ4v) is 3.18. The number of benzene rings is 1. The van der Waals surface area contributed by atoms with Gasteiger partial charge in [-0.25, -0.2) is 0 Å². The Morgan fingerprint density at radius 1 is 1.18 bits per heavy atom. The van der Waals surface area contributed by atoms with Crippen molar-refractivity contribution in [3.05, 3.63) is 34.9 Å². The molecule has 94 valence electrons. The molecule has 17 heavy (non-hydrogen) atoms. The molecule has 1 aromatic rings. The summed E-state index contributed by atoms with van der Waals surface area (Å²) in [5.74, 6) is 1.51. The molecule has 1 aromatic carbocycles. The first kappa shape index (κ1) is 12.6. The third kappa shape index (κ3) is 2.55. The summed E-state index contributed by atoms with van der Waals surface area (Å²) in [7, 11) is 0. The lowest BCUT2D eigenvalue weighted by molar-refractivity contribution is 0.412. The summed E-state index contributed by atoms with van der Waals surface area (Å²) in [6.07, 6.45) is 2.66. The highest BCUT2D eigenvalue weighted by Crippen LogP contribution is 2.39. The molecule has 1 nitrogen and oxygen atoms in total. The number of hydrogen-bond acceptors (Lipinski definition) is 1. The Kier molecular flexibility index (Phi) is 3.88. The molecule has 1 aliphatic rings. The number of nitrogens with one attached hydrogen (secondary N) is 1. The molecular formula is C16H25N. The van der Waals surface area contributed by atoms with E-state index in [0.29, 0.717) is 6.04 Å². The molecule has 3 atom stereocenters. The van der Waals surface area contributed by atoms with Crippen molar-refractivity contribution in [2.45, 2.75) is 52.5 Å². The van der Waals surface area contributed by atoms with Crippen LogP contribution in [0, 0.1) is 19.8 Å². The number of aryl methyl sites for hydroxylation is 2. The van der Waals surface area contributed by atoms with Crippen LogP contribution < -0.4 is 5.32 Å². The zero-order chi connectivity index (χ0) is 12.4. The summed E-state index contributed by atoms with van der Waals surface area (Å²) in [4.78, 5) is 0. The average molecular weight is 231 g/mol. The van der Waals surface area contributed by atoms with Crippen LogP contribution in [0.2, 0.25) is 0 Å². The monoisotopic (exact) mass is 231 g/mol. The molecule has 0 aliphatic heterocycles. The zero-order valence-corrected chi connectivity index (χ0v) is 11.6. The van der Waals surface area contributed by atoms with Crippen LogP contribution >= 0.6 is 0 Å². The predicted molar refractivity (Wildman–Crippen MR) is 74.5 cm³/mol. The Morgan fingerprint density at radius 2 is 1.94 bits per heavy atom. The third-order valence-electron chi connectivity index (χ3n) is 4.48. The van der Waals surface area contributed by atoms with Crippen LogP contribution in [-0.4, -0.2) is 12.6 Å². The SMILES string of the molecule is CCNC1CCC(c2ccc(C)c(C)c2)C1C. The third-order valence-corrected chi connectivity index (χ3v) is 4.48. The molecular weight excluding hydrogens is 206 g/mol. The minimum absolute atomic E-state index is 0.714. The van der Waals surface area contributed by atoms with Gasteiger partial charge in [0.15, 0.2) is 0 Å². The lowest BCUT2D eigenvalue weighted by atomic mass is 9.87. The van der Waals surface area contributed by atoms with Crippen molar-refractivity contribution in [3.63, 3.8) is 0 Å². The van der Waals surface area contributed by atoms with Gasteiger partial charge in [-0.15, -0.1) is 0 Å². The predicted octanol–water partition coefficient (Wildman–Crippen LogP) is 3.80. The molecule has 3 unspecified atom stereocenters. The maximum Gasteiger partial charge on any atom is 0.00986 e. The Balaban J connectivity index is 2.15. The summed E-state index contributed by atoms with van der Waals surface area (Å²) in [5, 5.41) is 3.62. The summed E-state index contributed by atoms with van der Waals surface area (Å²) in [5.41, 5.74) is 4.38. The van der Waals surface area contributed by atoms with Crippen molar-refractivity contribution in [1.29, 1.82) is 0 Å². The first-order valence-corrected chi connectivity index (χ1v) is 6.94. The topological polar surface area (TPSA) is 12.0 Å². The van der Waals surface area contributed by atoms with Gasteiger partial charge in [0, 0.05) is 6.04 Å². The first-order chi connectivity index (χ1) is 8.13. The van der Waals surface area contributed by atoms with Crippen LogP contribution in [0.3, 0.4) is 0 Å². The highest BCUT2D eigenvalue weighted by molar-refractivity contribution is 5.33. The van der Waals surface area contributed by atoms with Crippen LogP contribution in [0.1, 0.15) is 49.3 Å². The van der Waals surface area contributed by atoms with Gasteiger partial charge in [-0.1, -0.05) is 32.0 Å². The lowest BCUT2D eigenvalue weighted by Crippen LogP contribution is -2.32. The molecule has 0 bridgehead atoms. The van der Waals surface area contributed by atoms with E-state index in [0.717, 1.165) is 18.4 Å². The van der Waals surface area contributed by atoms with Crippen molar-refractivity contribution in [3.8, 4) is 0 Å². The molecule has 0 heterocycles. The summed E-state index contributed by atoms with van der Waals surface area (Å²) < 4.78 is 0. The fraction of sp³-hybridized carbons (Fsp3) is 0.625. The molecule has 0 saturated heterocycles. The van der Waals surface area contributed by atoms with E-state index in [1.54, 1.807) is 5.56 Å². The smallest absolute Gasteiger partial charge is 0.00986 e. The van der Waals surface area contributed by atoms with Crippen LogP contribution in [0.4, 0.5) is 0 Å². The Labute approximate surface area is 106 Å². The standard InChI is InChI=1S/C16H25N/c1-5-17-16-9-8-15(13(16)4)14-7-6-11(2)12(3)10-14/h6-7,10,13,15-17H,5,8-9H2,1-4H3. The van der Waals surface area contributed by atoms with Crippen molar-refractivity contribution >= 4 is 0 Å². The average Bonchev–Trinajstić information content (AvgIpc) is 2.66. The largest absolute Gasteiger partial charge is 0.314 e. The fourth-order valence-electron chi connectivity index (χ4n) is 3.18. The maximum atomic E-state index is 3.62. The zero-order valence-electron chi connectivity index (χ0n) is 11.6. The number of rotatable bonds is 3. The summed E-state index contributed by atoms with van der Waals surface area (Å²) >= 11 is 0. The van der Waals surface area contributed by atoms with E-state index in [-0.39, 0.29) is 0 Å². The van der Waals surface area contributed by atoms with E-state index in [4.69, 9.17) is 0 Å². The summed E-state index contributed by atoms with van der Waals surface area (Å²) in [6.45, 7) is 10.1. The molecule has 1 fully saturated rings. The second-order valence-corrected chi connectivity index (χ2v) is 5.55. The molecule has 0 aromatic heterocycles. The quantitative estimate of drug-likeness (QED) is 0.834. The van der Waals surface area contributed by atoms with Gasteiger partial charge in [0.2, 0.25) is 0 Å². The van der Waals surface area contributed by atoms with Gasteiger partial charge in [0.25, 0.3) is 0 Å². The molecule has 0 radical (unpaired) electrons. The van der Waals surface area contributed by atoms with Crippen LogP contribution in [-0.2, 0) is 0 Å². The highest BCUT2D eigenvalue weighted by Gasteiger charge is 2.32. The van der Waals surface area contributed by atoms with Gasteiger partial charge in [-0.3, -0.25) is 0 Å². The second kappa shape index (κ2) is 5.22. The minimum Gasteiger partial charge on any atom is -0.314 e.